The molecule has 5 nitrogen and oxygen atoms in total. The second-order valence-electron chi connectivity index (χ2n) is 4.11. The summed E-state index contributed by atoms with van der Waals surface area (Å²) < 4.78 is 5.07. The maximum atomic E-state index is 5.94. The number of anilines is 2. The first-order valence-corrected chi connectivity index (χ1v) is 5.82. The lowest BCUT2D eigenvalue weighted by Gasteiger charge is -2.05. The largest absolute Gasteiger partial charge is 0.497 e. The highest BCUT2D eigenvalue weighted by atomic mass is 16.5. The minimum atomic E-state index is 0.553. The maximum absolute atomic E-state index is 5.94. The third kappa shape index (κ3) is 2.82. The van der Waals surface area contributed by atoms with Crippen LogP contribution in [0.25, 0.3) is 0 Å². The van der Waals surface area contributed by atoms with Crippen molar-refractivity contribution in [1.82, 2.24) is 0 Å². The van der Waals surface area contributed by atoms with Crippen LogP contribution in [0.4, 0.5) is 22.7 Å². The molecule has 5 heteroatoms. The number of azo groups is 1. The van der Waals surface area contributed by atoms with E-state index < -0.39 is 0 Å². The van der Waals surface area contributed by atoms with Crippen molar-refractivity contribution in [2.75, 3.05) is 18.6 Å². The van der Waals surface area contributed by atoms with E-state index in [-0.39, 0.29) is 0 Å². The molecule has 0 atom stereocenters. The van der Waals surface area contributed by atoms with Crippen molar-refractivity contribution in [2.24, 2.45) is 10.2 Å². The highest BCUT2D eigenvalue weighted by Crippen LogP contribution is 2.30. The van der Waals surface area contributed by atoms with E-state index in [0.29, 0.717) is 17.1 Å². The highest BCUT2D eigenvalue weighted by molar-refractivity contribution is 5.73. The molecule has 0 aliphatic rings. The predicted octanol–water partition coefficient (Wildman–Crippen LogP) is 3.58. The van der Waals surface area contributed by atoms with Gasteiger partial charge in [0.1, 0.15) is 11.4 Å². The molecule has 0 heterocycles. The van der Waals surface area contributed by atoms with E-state index in [4.69, 9.17) is 16.2 Å². The van der Waals surface area contributed by atoms with Crippen LogP contribution < -0.4 is 16.2 Å². The van der Waals surface area contributed by atoms with Gasteiger partial charge in [0, 0.05) is 5.69 Å². The molecule has 19 heavy (non-hydrogen) atoms. The Balaban J connectivity index is 2.25. The van der Waals surface area contributed by atoms with Crippen LogP contribution >= 0.6 is 0 Å². The topological polar surface area (TPSA) is 86.0 Å². The molecule has 0 spiro atoms. The molecule has 0 amide bonds. The van der Waals surface area contributed by atoms with Gasteiger partial charge < -0.3 is 16.2 Å². The van der Waals surface area contributed by atoms with Crippen LogP contribution in [-0.2, 0) is 0 Å². The third-order valence-corrected chi connectivity index (χ3v) is 2.88. The summed E-state index contributed by atoms with van der Waals surface area (Å²) in [6.45, 7) is 1.86. The van der Waals surface area contributed by atoms with Gasteiger partial charge >= 0.3 is 0 Å². The average molecular weight is 256 g/mol. The maximum Gasteiger partial charge on any atom is 0.119 e. The Morgan fingerprint density at radius 1 is 0.947 bits per heavy atom. The molecule has 0 unspecified atom stereocenters. The zero-order valence-corrected chi connectivity index (χ0v) is 10.9. The van der Waals surface area contributed by atoms with Crippen LogP contribution in [0, 0.1) is 6.92 Å². The summed E-state index contributed by atoms with van der Waals surface area (Å²) in [5.74, 6) is 0.779. The molecular formula is C14H16N4O. The van der Waals surface area contributed by atoms with E-state index >= 15 is 0 Å². The Morgan fingerprint density at radius 2 is 1.63 bits per heavy atom. The van der Waals surface area contributed by atoms with Crippen LogP contribution in [0.5, 0.6) is 5.75 Å². The van der Waals surface area contributed by atoms with Gasteiger partial charge in [-0.05, 0) is 48.9 Å². The number of nitrogens with two attached hydrogens (primary N) is 2. The molecule has 0 aromatic heterocycles. The normalized spacial score (nSPS) is 10.8. The van der Waals surface area contributed by atoms with Gasteiger partial charge in [0.15, 0.2) is 0 Å². The second-order valence-corrected chi connectivity index (χ2v) is 4.11. The summed E-state index contributed by atoms with van der Waals surface area (Å²) in [5, 5.41) is 8.27. The van der Waals surface area contributed by atoms with Crippen molar-refractivity contribution in [3.05, 3.63) is 42.0 Å². The van der Waals surface area contributed by atoms with Gasteiger partial charge in [-0.2, -0.15) is 5.11 Å². The van der Waals surface area contributed by atoms with Crippen molar-refractivity contribution < 1.29 is 4.74 Å². The van der Waals surface area contributed by atoms with Crippen molar-refractivity contribution in [3.63, 3.8) is 0 Å². The fraction of sp³-hybridized carbons (Fsp3) is 0.143. The van der Waals surface area contributed by atoms with Gasteiger partial charge in [0.25, 0.3) is 0 Å². The molecule has 98 valence electrons. The Morgan fingerprint density at radius 3 is 2.26 bits per heavy atom. The van der Waals surface area contributed by atoms with Crippen molar-refractivity contribution in [2.45, 2.75) is 6.92 Å². The van der Waals surface area contributed by atoms with E-state index in [1.54, 1.807) is 19.2 Å². The first-order valence-electron chi connectivity index (χ1n) is 5.82. The Hall–Kier alpha value is -2.56. The summed E-state index contributed by atoms with van der Waals surface area (Å²) >= 11 is 0. The number of hydrogen-bond acceptors (Lipinski definition) is 5. The van der Waals surface area contributed by atoms with Crippen molar-refractivity contribution >= 4 is 22.7 Å². The smallest absolute Gasteiger partial charge is 0.119 e. The van der Waals surface area contributed by atoms with Crippen LogP contribution in [0.3, 0.4) is 0 Å². The zero-order valence-electron chi connectivity index (χ0n) is 10.9. The van der Waals surface area contributed by atoms with E-state index in [0.717, 1.165) is 17.0 Å². The second kappa shape index (κ2) is 5.39. The number of ether oxygens (including phenoxy) is 1. The van der Waals surface area contributed by atoms with Gasteiger partial charge in [-0.3, -0.25) is 0 Å². The highest BCUT2D eigenvalue weighted by Gasteiger charge is 2.04. The quantitative estimate of drug-likeness (QED) is 0.650. The van der Waals surface area contributed by atoms with Gasteiger partial charge in [0.2, 0.25) is 0 Å². The fourth-order valence-corrected chi connectivity index (χ4v) is 1.58. The number of nitrogens with zero attached hydrogens (tertiary/aromatic N) is 2. The predicted molar refractivity (Wildman–Crippen MR) is 77.2 cm³/mol. The fourth-order valence-electron chi connectivity index (χ4n) is 1.58. The molecule has 0 aliphatic heterocycles. The molecule has 0 saturated carbocycles. The zero-order chi connectivity index (χ0) is 13.8. The molecule has 0 aliphatic carbocycles. The van der Waals surface area contributed by atoms with E-state index in [9.17, 15) is 0 Å². The monoisotopic (exact) mass is 256 g/mol. The van der Waals surface area contributed by atoms with Gasteiger partial charge in [0.05, 0.1) is 18.5 Å². The average Bonchev–Trinajstić information content (AvgIpc) is 2.45. The SMILES string of the molecule is COc1ccc(N=Nc2ccc(N)c(C)c2N)cc1. The van der Waals surface area contributed by atoms with Crippen LogP contribution in [0.2, 0.25) is 0 Å². The van der Waals surface area contributed by atoms with Gasteiger partial charge in [-0.1, -0.05) is 0 Å². The Labute approximate surface area is 111 Å². The molecule has 0 saturated heterocycles. The summed E-state index contributed by atoms with van der Waals surface area (Å²) in [6.07, 6.45) is 0. The lowest BCUT2D eigenvalue weighted by atomic mass is 10.1. The number of rotatable bonds is 3. The van der Waals surface area contributed by atoms with Gasteiger partial charge in [-0.25, -0.2) is 0 Å². The first kappa shape index (κ1) is 12.9. The Bertz CT molecular complexity index is 606. The van der Waals surface area contributed by atoms with Crippen LogP contribution in [-0.4, -0.2) is 7.11 Å². The minimum absolute atomic E-state index is 0.553. The van der Waals surface area contributed by atoms with E-state index in [1.807, 2.05) is 31.2 Å². The molecule has 2 rings (SSSR count). The molecule has 2 aromatic carbocycles. The number of hydrogen-bond donors (Lipinski definition) is 2. The van der Waals surface area contributed by atoms with E-state index in [1.165, 1.54) is 0 Å². The van der Waals surface area contributed by atoms with Gasteiger partial charge in [-0.15, -0.1) is 5.11 Å². The molecule has 0 radical (unpaired) electrons. The Kier molecular flexibility index (Phi) is 3.66. The summed E-state index contributed by atoms with van der Waals surface area (Å²) in [4.78, 5) is 0. The number of methoxy groups -OCH3 is 1. The standard InChI is InChI=1S/C14H16N4O/c1-9-12(15)7-8-13(14(9)16)18-17-10-3-5-11(19-2)6-4-10/h3-8H,15-16H2,1-2H3. The third-order valence-electron chi connectivity index (χ3n) is 2.88. The summed E-state index contributed by atoms with van der Waals surface area (Å²) in [5.41, 5.74) is 15.1. The van der Waals surface area contributed by atoms with Crippen molar-refractivity contribution in [1.29, 1.82) is 0 Å². The van der Waals surface area contributed by atoms with E-state index in [2.05, 4.69) is 10.2 Å². The molecular weight excluding hydrogens is 240 g/mol. The lowest BCUT2D eigenvalue weighted by Crippen LogP contribution is -1.95. The first-order chi connectivity index (χ1) is 9.11. The van der Waals surface area contributed by atoms with Crippen LogP contribution in [0.1, 0.15) is 5.56 Å². The molecule has 2 aromatic rings. The molecule has 0 fully saturated rings. The number of benzene rings is 2. The lowest BCUT2D eigenvalue weighted by molar-refractivity contribution is 0.415. The van der Waals surface area contributed by atoms with Crippen molar-refractivity contribution in [3.8, 4) is 5.75 Å². The minimum Gasteiger partial charge on any atom is -0.497 e. The molecule has 0 bridgehead atoms. The number of nitrogen functional groups attached to an aromatic ring is 2. The summed E-state index contributed by atoms with van der Waals surface area (Å²) in [7, 11) is 1.62. The summed E-state index contributed by atoms with van der Waals surface area (Å²) in [6, 6.07) is 10.8. The molecule has 4 N–H and O–H groups in total. The van der Waals surface area contributed by atoms with Crippen LogP contribution in [0.15, 0.2) is 46.6 Å².